The van der Waals surface area contributed by atoms with Crippen molar-refractivity contribution in [2.75, 3.05) is 39.3 Å². The van der Waals surface area contributed by atoms with Crippen LogP contribution in [0.3, 0.4) is 0 Å². The van der Waals surface area contributed by atoms with Gasteiger partial charge in [0.25, 0.3) is 0 Å². The van der Waals surface area contributed by atoms with Crippen LogP contribution in [0.15, 0.2) is 18.2 Å². The smallest absolute Gasteiger partial charge is 0.407 e. The van der Waals surface area contributed by atoms with Gasteiger partial charge in [-0.1, -0.05) is 29.3 Å². The molecule has 2 heterocycles. The Balaban J connectivity index is 1.73. The van der Waals surface area contributed by atoms with Gasteiger partial charge in [0.1, 0.15) is 0 Å². The summed E-state index contributed by atoms with van der Waals surface area (Å²) < 4.78 is 6.12. The van der Waals surface area contributed by atoms with Gasteiger partial charge in [-0.05, 0) is 30.5 Å². The molecule has 0 saturated carbocycles. The Morgan fingerprint density at radius 2 is 1.93 bits per heavy atom. The van der Waals surface area contributed by atoms with E-state index in [4.69, 9.17) is 27.9 Å². The molecule has 2 amide bonds. The summed E-state index contributed by atoms with van der Waals surface area (Å²) in [5.74, 6) is -0.138. The van der Waals surface area contributed by atoms with Gasteiger partial charge in [0.2, 0.25) is 5.91 Å². The van der Waals surface area contributed by atoms with Gasteiger partial charge in [-0.3, -0.25) is 4.79 Å². The van der Waals surface area contributed by atoms with Gasteiger partial charge < -0.3 is 25.0 Å². The van der Waals surface area contributed by atoms with Crippen molar-refractivity contribution in [2.24, 2.45) is 0 Å². The second-order valence-corrected chi connectivity index (χ2v) is 8.51. The molecule has 2 aliphatic rings. The van der Waals surface area contributed by atoms with Gasteiger partial charge in [-0.15, -0.1) is 0 Å². The monoisotopic (exact) mass is 443 g/mol. The molecule has 9 heteroatoms. The molecule has 0 unspecified atom stereocenters. The van der Waals surface area contributed by atoms with Gasteiger partial charge in [-0.2, -0.15) is 0 Å². The predicted molar refractivity (Wildman–Crippen MR) is 112 cm³/mol. The first kappa shape index (κ1) is 22.2. The van der Waals surface area contributed by atoms with Crippen LogP contribution >= 0.6 is 23.2 Å². The van der Waals surface area contributed by atoms with Gasteiger partial charge >= 0.3 is 6.09 Å². The first-order chi connectivity index (χ1) is 13.8. The molecule has 0 aliphatic carbocycles. The van der Waals surface area contributed by atoms with E-state index in [1.54, 1.807) is 19.1 Å². The number of nitrogens with one attached hydrogen (secondary N) is 1. The van der Waals surface area contributed by atoms with Crippen LogP contribution in [0.1, 0.15) is 31.2 Å². The van der Waals surface area contributed by atoms with Crippen LogP contribution in [0.2, 0.25) is 10.0 Å². The van der Waals surface area contributed by atoms with E-state index in [9.17, 15) is 14.7 Å². The number of benzene rings is 1. The fraction of sp³-hybridized carbons (Fsp3) is 0.600. The minimum atomic E-state index is -0.949. The molecule has 2 N–H and O–H groups in total. The van der Waals surface area contributed by atoms with Crippen molar-refractivity contribution in [2.45, 2.75) is 37.8 Å². The molecule has 0 spiro atoms. The predicted octanol–water partition coefficient (Wildman–Crippen LogP) is 3.06. The molecule has 1 aromatic carbocycles. The summed E-state index contributed by atoms with van der Waals surface area (Å²) in [6.45, 7) is 5.02. The van der Waals surface area contributed by atoms with Crippen molar-refractivity contribution in [1.29, 1.82) is 0 Å². The molecule has 2 aliphatic heterocycles. The van der Waals surface area contributed by atoms with Gasteiger partial charge in [0.05, 0.1) is 22.8 Å². The number of nitrogens with zero attached hydrogens (tertiary/aromatic N) is 2. The van der Waals surface area contributed by atoms with E-state index in [1.165, 1.54) is 4.90 Å². The number of carboxylic acid groups (broad SMARTS) is 1. The maximum absolute atomic E-state index is 11.6. The zero-order valence-electron chi connectivity index (χ0n) is 16.4. The number of carbonyl (C=O) groups excluding carboxylic acids is 1. The number of halogens is 2. The Bertz CT molecular complexity index is 740. The zero-order valence-corrected chi connectivity index (χ0v) is 18.0. The molecule has 7 nitrogen and oxygen atoms in total. The first-order valence-corrected chi connectivity index (χ1v) is 10.6. The Labute approximate surface area is 180 Å². The van der Waals surface area contributed by atoms with Crippen molar-refractivity contribution >= 4 is 35.2 Å². The highest BCUT2D eigenvalue weighted by Gasteiger charge is 2.33. The van der Waals surface area contributed by atoms with Crippen LogP contribution < -0.4 is 5.32 Å². The Kier molecular flexibility index (Phi) is 7.62. The van der Waals surface area contributed by atoms with Crippen molar-refractivity contribution in [3.8, 4) is 0 Å². The number of likely N-dealkylation sites (tertiary alicyclic amines) is 1. The largest absolute Gasteiger partial charge is 0.465 e. The second kappa shape index (κ2) is 9.98. The van der Waals surface area contributed by atoms with Crippen molar-refractivity contribution in [3.05, 3.63) is 33.8 Å². The van der Waals surface area contributed by atoms with E-state index < -0.39 is 6.09 Å². The molecular formula is C20H27Cl2N3O4. The summed E-state index contributed by atoms with van der Waals surface area (Å²) >= 11 is 12.3. The van der Waals surface area contributed by atoms with E-state index in [1.807, 2.05) is 6.07 Å². The topological polar surface area (TPSA) is 82.1 Å². The summed E-state index contributed by atoms with van der Waals surface area (Å²) in [7, 11) is 0. The van der Waals surface area contributed by atoms with E-state index >= 15 is 0 Å². The van der Waals surface area contributed by atoms with Gasteiger partial charge in [-0.25, -0.2) is 4.79 Å². The fourth-order valence-electron chi connectivity index (χ4n) is 4.10. The number of rotatable bonds is 4. The maximum Gasteiger partial charge on any atom is 0.407 e. The highest BCUT2D eigenvalue weighted by molar-refractivity contribution is 6.42. The maximum atomic E-state index is 11.6. The number of hydrogen-bond donors (Lipinski definition) is 2. The van der Waals surface area contributed by atoms with Crippen molar-refractivity contribution in [3.63, 3.8) is 0 Å². The van der Waals surface area contributed by atoms with Crippen LogP contribution in [0, 0.1) is 0 Å². The number of piperidine rings is 1. The molecule has 2 saturated heterocycles. The SMILES string of the molecule is CC(=O)NC1CCN(C[C@H]2OCCN(C(=O)O)C[C@@H]2c2ccc(Cl)c(Cl)c2)CC1. The lowest BCUT2D eigenvalue weighted by molar-refractivity contribution is -0.120. The third-order valence-corrected chi connectivity index (χ3v) is 6.37. The molecule has 0 aromatic heterocycles. The molecule has 2 fully saturated rings. The van der Waals surface area contributed by atoms with Crippen molar-refractivity contribution < 1.29 is 19.4 Å². The molecule has 0 radical (unpaired) electrons. The third kappa shape index (κ3) is 5.98. The fourth-order valence-corrected chi connectivity index (χ4v) is 4.40. The minimum absolute atomic E-state index is 0.00370. The number of hydrogen-bond acceptors (Lipinski definition) is 4. The minimum Gasteiger partial charge on any atom is -0.465 e. The second-order valence-electron chi connectivity index (χ2n) is 7.69. The molecule has 0 bridgehead atoms. The summed E-state index contributed by atoms with van der Waals surface area (Å²) in [5, 5.41) is 13.4. The lowest BCUT2D eigenvalue weighted by Gasteiger charge is -2.36. The van der Waals surface area contributed by atoms with Gasteiger partial charge in [0, 0.05) is 51.6 Å². The standard InChI is InChI=1S/C20H27Cl2N3O4/c1-13(26)23-15-4-6-24(7-5-15)12-19-16(11-25(20(27)28)8-9-29-19)14-2-3-17(21)18(22)10-14/h2-3,10,15-16,19H,4-9,11-12H2,1H3,(H,23,26)(H,27,28)/t16-,19-/m1/s1. The number of amides is 2. The van der Waals surface area contributed by atoms with E-state index in [0.29, 0.717) is 36.3 Å². The van der Waals surface area contributed by atoms with E-state index in [2.05, 4.69) is 10.2 Å². The summed E-state index contributed by atoms with van der Waals surface area (Å²) in [6, 6.07) is 5.65. The Hall–Kier alpha value is -1.54. The molecule has 2 atom stereocenters. The molecule has 1 aromatic rings. The normalized spacial score (nSPS) is 24.2. The van der Waals surface area contributed by atoms with E-state index in [-0.39, 0.29) is 24.0 Å². The molecule has 160 valence electrons. The molecular weight excluding hydrogens is 417 g/mol. The van der Waals surface area contributed by atoms with E-state index in [0.717, 1.165) is 31.5 Å². The quantitative estimate of drug-likeness (QED) is 0.746. The third-order valence-electron chi connectivity index (χ3n) is 5.63. The zero-order chi connectivity index (χ0) is 21.0. The first-order valence-electron chi connectivity index (χ1n) is 9.87. The highest BCUT2D eigenvalue weighted by Crippen LogP contribution is 2.32. The number of carbonyl (C=O) groups is 2. The van der Waals surface area contributed by atoms with Crippen LogP contribution in [0.25, 0.3) is 0 Å². The van der Waals surface area contributed by atoms with Crippen LogP contribution in [0.4, 0.5) is 4.79 Å². The van der Waals surface area contributed by atoms with Crippen LogP contribution in [-0.2, 0) is 9.53 Å². The van der Waals surface area contributed by atoms with Crippen LogP contribution in [-0.4, -0.2) is 78.4 Å². The highest BCUT2D eigenvalue weighted by atomic mass is 35.5. The molecule has 3 rings (SSSR count). The van der Waals surface area contributed by atoms with Crippen molar-refractivity contribution in [1.82, 2.24) is 15.1 Å². The lowest BCUT2D eigenvalue weighted by Crippen LogP contribution is -2.47. The summed E-state index contributed by atoms with van der Waals surface area (Å²) in [6.07, 6.45) is 0.681. The Morgan fingerprint density at radius 1 is 1.21 bits per heavy atom. The van der Waals surface area contributed by atoms with Gasteiger partial charge in [0.15, 0.2) is 0 Å². The number of ether oxygens (including phenoxy) is 1. The van der Waals surface area contributed by atoms with Crippen LogP contribution in [0.5, 0.6) is 0 Å². The average molecular weight is 444 g/mol. The Morgan fingerprint density at radius 3 is 2.55 bits per heavy atom. The molecule has 29 heavy (non-hydrogen) atoms. The summed E-state index contributed by atoms with van der Waals surface area (Å²) in [4.78, 5) is 26.6. The average Bonchev–Trinajstić information content (AvgIpc) is 2.88. The lowest BCUT2D eigenvalue weighted by atomic mass is 9.91. The summed E-state index contributed by atoms with van der Waals surface area (Å²) in [5.41, 5.74) is 0.922.